The minimum Gasteiger partial charge on any atom is -0.303 e. The molecule has 0 saturated carbocycles. The van der Waals surface area contributed by atoms with Crippen molar-refractivity contribution in [2.45, 2.75) is 20.3 Å². The Bertz CT molecular complexity index is 277. The van der Waals surface area contributed by atoms with E-state index in [9.17, 15) is 13.2 Å². The van der Waals surface area contributed by atoms with E-state index in [1.54, 1.807) is 13.8 Å². The zero-order valence-corrected chi connectivity index (χ0v) is 8.23. The smallest absolute Gasteiger partial charge is 0.150 e. The highest BCUT2D eigenvalue weighted by atomic mass is 32.2. The average molecular weight is 190 g/mol. The summed E-state index contributed by atoms with van der Waals surface area (Å²) in [6.07, 6.45) is 1.49. The van der Waals surface area contributed by atoms with Crippen LogP contribution in [0.3, 0.4) is 0 Å². The van der Waals surface area contributed by atoms with Crippen molar-refractivity contribution in [3.05, 3.63) is 0 Å². The fourth-order valence-electron chi connectivity index (χ4n) is 1.48. The van der Waals surface area contributed by atoms with Crippen molar-refractivity contribution in [3.63, 3.8) is 0 Å². The second-order valence-corrected chi connectivity index (χ2v) is 6.27. The van der Waals surface area contributed by atoms with Crippen molar-refractivity contribution < 1.29 is 13.2 Å². The molecule has 1 rings (SSSR count). The van der Waals surface area contributed by atoms with Crippen LogP contribution in [0.5, 0.6) is 0 Å². The molecule has 0 amide bonds. The third-order valence-corrected chi connectivity index (χ3v) is 4.36. The number of carbonyl (C=O) groups is 1. The first-order valence-electron chi connectivity index (χ1n) is 4.04. The maximum Gasteiger partial charge on any atom is 0.150 e. The van der Waals surface area contributed by atoms with Crippen molar-refractivity contribution in [1.82, 2.24) is 0 Å². The molecule has 0 radical (unpaired) electrons. The molecular weight excluding hydrogens is 176 g/mol. The van der Waals surface area contributed by atoms with Gasteiger partial charge in [-0.2, -0.15) is 0 Å². The topological polar surface area (TPSA) is 51.2 Å². The molecule has 0 bridgehead atoms. The van der Waals surface area contributed by atoms with E-state index in [-0.39, 0.29) is 17.4 Å². The van der Waals surface area contributed by atoms with E-state index >= 15 is 0 Å². The van der Waals surface area contributed by atoms with Crippen LogP contribution in [0.1, 0.15) is 20.3 Å². The molecule has 0 N–H and O–H groups in total. The Hall–Kier alpha value is -0.380. The summed E-state index contributed by atoms with van der Waals surface area (Å²) in [5.41, 5.74) is -0.483. The van der Waals surface area contributed by atoms with Gasteiger partial charge in [-0.25, -0.2) is 8.42 Å². The van der Waals surface area contributed by atoms with Crippen LogP contribution < -0.4 is 0 Å². The highest BCUT2D eigenvalue weighted by molar-refractivity contribution is 7.91. The van der Waals surface area contributed by atoms with Gasteiger partial charge in [-0.1, -0.05) is 13.8 Å². The van der Waals surface area contributed by atoms with Crippen molar-refractivity contribution in [3.8, 4) is 0 Å². The quantitative estimate of drug-likeness (QED) is 0.601. The van der Waals surface area contributed by atoms with Gasteiger partial charge < -0.3 is 4.79 Å². The number of aldehydes is 1. The van der Waals surface area contributed by atoms with Crippen LogP contribution in [0, 0.1) is 11.3 Å². The van der Waals surface area contributed by atoms with E-state index in [1.807, 2.05) is 0 Å². The molecule has 1 aliphatic heterocycles. The molecule has 1 heterocycles. The molecule has 0 aromatic heterocycles. The Morgan fingerprint density at radius 1 is 1.42 bits per heavy atom. The molecule has 70 valence electrons. The molecule has 1 aliphatic rings. The lowest BCUT2D eigenvalue weighted by Crippen LogP contribution is -2.26. The molecule has 0 aromatic rings. The Balaban J connectivity index is 2.77. The van der Waals surface area contributed by atoms with Crippen LogP contribution in [0.4, 0.5) is 0 Å². The first-order valence-corrected chi connectivity index (χ1v) is 5.86. The van der Waals surface area contributed by atoms with E-state index in [0.29, 0.717) is 6.42 Å². The van der Waals surface area contributed by atoms with Gasteiger partial charge in [0.1, 0.15) is 6.29 Å². The zero-order chi connectivity index (χ0) is 9.41. The summed E-state index contributed by atoms with van der Waals surface area (Å²) in [5, 5.41) is 0. The maximum absolute atomic E-state index is 11.1. The molecular formula is C8H14O3S. The summed E-state index contributed by atoms with van der Waals surface area (Å²) in [5.74, 6) is 0.438. The molecule has 1 unspecified atom stereocenters. The van der Waals surface area contributed by atoms with Gasteiger partial charge in [-0.05, 0) is 12.3 Å². The number of sulfone groups is 1. The highest BCUT2D eigenvalue weighted by Crippen LogP contribution is 2.33. The fraction of sp³-hybridized carbons (Fsp3) is 0.875. The molecule has 4 heteroatoms. The largest absolute Gasteiger partial charge is 0.303 e. The van der Waals surface area contributed by atoms with E-state index < -0.39 is 15.3 Å². The Morgan fingerprint density at radius 3 is 2.33 bits per heavy atom. The first-order chi connectivity index (χ1) is 5.37. The summed E-state index contributed by atoms with van der Waals surface area (Å²) in [7, 11) is -2.85. The molecule has 1 fully saturated rings. The molecule has 0 aromatic carbocycles. The first kappa shape index (κ1) is 9.71. The van der Waals surface area contributed by atoms with Gasteiger partial charge >= 0.3 is 0 Å². The Labute approximate surface area is 73.1 Å². The van der Waals surface area contributed by atoms with Crippen molar-refractivity contribution in [2.75, 3.05) is 11.5 Å². The van der Waals surface area contributed by atoms with Crippen LogP contribution in [-0.4, -0.2) is 26.2 Å². The van der Waals surface area contributed by atoms with Gasteiger partial charge in [-0.3, -0.25) is 0 Å². The van der Waals surface area contributed by atoms with Crippen molar-refractivity contribution in [2.24, 2.45) is 11.3 Å². The lowest BCUT2D eigenvalue weighted by atomic mass is 9.80. The second kappa shape index (κ2) is 2.83. The summed E-state index contributed by atoms with van der Waals surface area (Å²) in [4.78, 5) is 10.6. The van der Waals surface area contributed by atoms with Gasteiger partial charge in [0.25, 0.3) is 0 Å². The standard InChI is InChI=1S/C8H14O3S/c1-8(2,6-9)7-3-4-12(10,11)5-7/h6-7H,3-5H2,1-2H3. The maximum atomic E-state index is 11.1. The second-order valence-electron chi connectivity index (χ2n) is 4.04. The molecule has 1 saturated heterocycles. The van der Waals surface area contributed by atoms with Gasteiger partial charge in [-0.15, -0.1) is 0 Å². The lowest BCUT2D eigenvalue weighted by Gasteiger charge is -2.23. The van der Waals surface area contributed by atoms with E-state index in [0.717, 1.165) is 6.29 Å². The van der Waals surface area contributed by atoms with Crippen LogP contribution in [-0.2, 0) is 14.6 Å². The molecule has 0 spiro atoms. The molecule has 3 nitrogen and oxygen atoms in total. The Kier molecular flexibility index (Phi) is 2.29. The third kappa shape index (κ3) is 1.86. The lowest BCUT2D eigenvalue weighted by molar-refractivity contribution is -0.116. The molecule has 1 atom stereocenters. The number of hydrogen-bond donors (Lipinski definition) is 0. The van der Waals surface area contributed by atoms with Crippen LogP contribution in [0.15, 0.2) is 0 Å². The van der Waals surface area contributed by atoms with Crippen LogP contribution >= 0.6 is 0 Å². The van der Waals surface area contributed by atoms with Crippen molar-refractivity contribution in [1.29, 1.82) is 0 Å². The average Bonchev–Trinajstić information content (AvgIpc) is 2.31. The summed E-state index contributed by atoms with van der Waals surface area (Å²) >= 11 is 0. The predicted octanol–water partition coefficient (Wildman–Crippen LogP) is 0.646. The molecule has 0 aliphatic carbocycles. The highest BCUT2D eigenvalue weighted by Gasteiger charge is 2.38. The minimum absolute atomic E-state index is 0.0139. The normalized spacial score (nSPS) is 28.7. The number of carbonyl (C=O) groups excluding carboxylic acids is 1. The number of hydrogen-bond acceptors (Lipinski definition) is 3. The zero-order valence-electron chi connectivity index (χ0n) is 7.41. The van der Waals surface area contributed by atoms with Gasteiger partial charge in [0, 0.05) is 5.41 Å². The minimum atomic E-state index is -2.85. The van der Waals surface area contributed by atoms with Crippen LogP contribution in [0.2, 0.25) is 0 Å². The monoisotopic (exact) mass is 190 g/mol. The summed E-state index contributed by atoms with van der Waals surface area (Å²) in [6.45, 7) is 3.59. The fourth-order valence-corrected chi connectivity index (χ4v) is 3.50. The van der Waals surface area contributed by atoms with E-state index in [2.05, 4.69) is 0 Å². The summed E-state index contributed by atoms with van der Waals surface area (Å²) < 4.78 is 22.2. The predicted molar refractivity (Wildman–Crippen MR) is 46.6 cm³/mol. The van der Waals surface area contributed by atoms with Gasteiger partial charge in [0.2, 0.25) is 0 Å². The molecule has 12 heavy (non-hydrogen) atoms. The van der Waals surface area contributed by atoms with Crippen molar-refractivity contribution >= 4 is 16.1 Å². The van der Waals surface area contributed by atoms with E-state index in [4.69, 9.17) is 0 Å². The van der Waals surface area contributed by atoms with Gasteiger partial charge in [0.15, 0.2) is 9.84 Å². The third-order valence-electron chi connectivity index (χ3n) is 2.59. The summed E-state index contributed by atoms with van der Waals surface area (Å²) in [6, 6.07) is 0. The van der Waals surface area contributed by atoms with E-state index in [1.165, 1.54) is 0 Å². The Morgan fingerprint density at radius 2 is 2.00 bits per heavy atom. The number of rotatable bonds is 2. The van der Waals surface area contributed by atoms with Crippen LogP contribution in [0.25, 0.3) is 0 Å². The van der Waals surface area contributed by atoms with Gasteiger partial charge in [0.05, 0.1) is 11.5 Å². The SMILES string of the molecule is CC(C)(C=O)C1CCS(=O)(=O)C1.